The summed E-state index contributed by atoms with van der Waals surface area (Å²) in [5, 5.41) is 0.479. The average molecular weight is 266 g/mol. The smallest absolute Gasteiger partial charge is 0.216 e. The number of nitrogens with one attached hydrogen (secondary N) is 1. The van der Waals surface area contributed by atoms with Gasteiger partial charge in [-0.3, -0.25) is 4.79 Å². The molecule has 0 unspecified atom stereocenters. The highest BCUT2D eigenvalue weighted by atomic mass is 35.5. The number of hydrogen-bond donors (Lipinski definition) is 1. The summed E-state index contributed by atoms with van der Waals surface area (Å²) in [6.07, 6.45) is 1.55. The number of carbonyl (C=O) groups excluding carboxylic acids is 1. The van der Waals surface area contributed by atoms with Crippen molar-refractivity contribution < 1.29 is 14.3 Å². The number of H-pyrrole nitrogens is 1. The largest absolute Gasteiger partial charge is 0.496 e. The van der Waals surface area contributed by atoms with E-state index < -0.39 is 0 Å². The molecule has 1 heterocycles. The number of aromatic amines is 1. The molecule has 0 aliphatic carbocycles. The van der Waals surface area contributed by atoms with Crippen LogP contribution in [0.4, 0.5) is 0 Å². The molecule has 2 aromatic rings. The Kier molecular flexibility index (Phi) is 3.58. The molecular formula is C13H12ClNO3. The Labute approximate surface area is 109 Å². The van der Waals surface area contributed by atoms with E-state index in [-0.39, 0.29) is 5.78 Å². The molecule has 1 N–H and O–H groups in total. The van der Waals surface area contributed by atoms with Gasteiger partial charge in [0.1, 0.15) is 17.1 Å². The zero-order valence-electron chi connectivity index (χ0n) is 9.99. The lowest BCUT2D eigenvalue weighted by Crippen LogP contribution is -2.06. The molecule has 0 fully saturated rings. The van der Waals surface area contributed by atoms with Gasteiger partial charge in [0, 0.05) is 6.20 Å². The topological polar surface area (TPSA) is 51.3 Å². The summed E-state index contributed by atoms with van der Waals surface area (Å²) >= 11 is 5.79. The maximum absolute atomic E-state index is 12.4. The third kappa shape index (κ3) is 2.19. The van der Waals surface area contributed by atoms with Crippen LogP contribution in [0.1, 0.15) is 16.1 Å². The van der Waals surface area contributed by atoms with Crippen molar-refractivity contribution in [3.8, 4) is 11.5 Å². The van der Waals surface area contributed by atoms with Crippen molar-refractivity contribution in [3.63, 3.8) is 0 Å². The van der Waals surface area contributed by atoms with Crippen molar-refractivity contribution in [1.82, 2.24) is 4.98 Å². The average Bonchev–Trinajstić information content (AvgIpc) is 2.83. The highest BCUT2D eigenvalue weighted by Crippen LogP contribution is 2.30. The fourth-order valence-corrected chi connectivity index (χ4v) is 1.87. The lowest BCUT2D eigenvalue weighted by molar-refractivity contribution is 0.102. The Hall–Kier alpha value is -1.94. The minimum Gasteiger partial charge on any atom is -0.496 e. The first-order chi connectivity index (χ1) is 8.67. The van der Waals surface area contributed by atoms with Crippen molar-refractivity contribution >= 4 is 17.4 Å². The highest BCUT2D eigenvalue weighted by Gasteiger charge is 2.20. The Morgan fingerprint density at radius 2 is 1.83 bits per heavy atom. The van der Waals surface area contributed by atoms with Gasteiger partial charge in [0.25, 0.3) is 0 Å². The van der Waals surface area contributed by atoms with E-state index in [4.69, 9.17) is 21.1 Å². The summed E-state index contributed by atoms with van der Waals surface area (Å²) < 4.78 is 10.4. The van der Waals surface area contributed by atoms with Gasteiger partial charge in [-0.15, -0.1) is 0 Å². The minimum absolute atomic E-state index is 0.226. The summed E-state index contributed by atoms with van der Waals surface area (Å²) in [5.41, 5.74) is 0.767. The van der Waals surface area contributed by atoms with Crippen molar-refractivity contribution in [2.24, 2.45) is 0 Å². The van der Waals surface area contributed by atoms with Gasteiger partial charge in [-0.2, -0.15) is 0 Å². The van der Waals surface area contributed by atoms with Gasteiger partial charge in [0.2, 0.25) is 5.78 Å². The standard InChI is InChI=1S/C13H12ClNO3/c1-17-10-4-3-5-11(18-2)12(10)13(16)9-6-8(14)7-15-9/h3-7,15H,1-2H3. The number of aromatic nitrogens is 1. The number of hydrogen-bond acceptors (Lipinski definition) is 3. The molecular weight excluding hydrogens is 254 g/mol. The second kappa shape index (κ2) is 5.14. The van der Waals surface area contributed by atoms with Crippen LogP contribution >= 0.6 is 11.6 Å². The molecule has 0 aliphatic rings. The minimum atomic E-state index is -0.226. The molecule has 0 aliphatic heterocycles. The van der Waals surface area contributed by atoms with Gasteiger partial charge < -0.3 is 14.5 Å². The normalized spacial score (nSPS) is 10.2. The van der Waals surface area contributed by atoms with Crippen LogP contribution in [0.25, 0.3) is 0 Å². The number of benzene rings is 1. The fourth-order valence-electron chi connectivity index (χ4n) is 1.71. The van der Waals surface area contributed by atoms with E-state index in [2.05, 4.69) is 4.98 Å². The maximum Gasteiger partial charge on any atom is 0.216 e. The predicted octanol–water partition coefficient (Wildman–Crippen LogP) is 2.92. The molecule has 0 spiro atoms. The zero-order valence-corrected chi connectivity index (χ0v) is 10.7. The van der Waals surface area contributed by atoms with E-state index in [1.165, 1.54) is 14.2 Å². The molecule has 1 aromatic heterocycles. The van der Waals surface area contributed by atoms with Gasteiger partial charge in [0.15, 0.2) is 0 Å². The van der Waals surface area contributed by atoms with E-state index in [1.54, 1.807) is 30.5 Å². The van der Waals surface area contributed by atoms with Crippen LogP contribution in [-0.2, 0) is 0 Å². The number of rotatable bonds is 4. The van der Waals surface area contributed by atoms with Crippen LogP contribution in [0.15, 0.2) is 30.5 Å². The van der Waals surface area contributed by atoms with E-state index >= 15 is 0 Å². The van der Waals surface area contributed by atoms with Crippen LogP contribution in [0.5, 0.6) is 11.5 Å². The monoisotopic (exact) mass is 265 g/mol. The second-order valence-corrected chi connectivity index (χ2v) is 4.03. The molecule has 5 heteroatoms. The number of carbonyl (C=O) groups is 1. The molecule has 2 rings (SSSR count). The third-order valence-corrected chi connectivity index (χ3v) is 2.77. The van der Waals surface area contributed by atoms with Crippen molar-refractivity contribution in [3.05, 3.63) is 46.7 Å². The predicted molar refractivity (Wildman–Crippen MR) is 68.8 cm³/mol. The Bertz CT molecular complexity index is 555. The first-order valence-electron chi connectivity index (χ1n) is 5.27. The molecule has 0 atom stereocenters. The molecule has 0 radical (unpaired) electrons. The highest BCUT2D eigenvalue weighted by molar-refractivity contribution is 6.31. The van der Waals surface area contributed by atoms with Gasteiger partial charge in [0.05, 0.1) is 24.9 Å². The molecule has 94 valence electrons. The molecule has 1 aromatic carbocycles. The van der Waals surface area contributed by atoms with Crippen molar-refractivity contribution in [2.45, 2.75) is 0 Å². The molecule has 0 saturated heterocycles. The van der Waals surface area contributed by atoms with Crippen molar-refractivity contribution in [1.29, 1.82) is 0 Å². The molecule has 0 bridgehead atoms. The Morgan fingerprint density at radius 1 is 1.22 bits per heavy atom. The fraction of sp³-hybridized carbons (Fsp3) is 0.154. The summed E-state index contributed by atoms with van der Waals surface area (Å²) in [6.45, 7) is 0. The van der Waals surface area contributed by atoms with Crippen LogP contribution in [0.2, 0.25) is 5.02 Å². The SMILES string of the molecule is COc1cccc(OC)c1C(=O)c1cc(Cl)c[nH]1. The van der Waals surface area contributed by atoms with Crippen LogP contribution in [-0.4, -0.2) is 25.0 Å². The van der Waals surface area contributed by atoms with Crippen LogP contribution in [0, 0.1) is 0 Å². The summed E-state index contributed by atoms with van der Waals surface area (Å²) in [6, 6.07) is 6.74. The number of ether oxygens (including phenoxy) is 2. The molecule has 0 amide bonds. The lowest BCUT2D eigenvalue weighted by atomic mass is 10.1. The molecule has 4 nitrogen and oxygen atoms in total. The van der Waals surface area contributed by atoms with Crippen LogP contribution < -0.4 is 9.47 Å². The molecule has 0 saturated carbocycles. The summed E-state index contributed by atoms with van der Waals surface area (Å²) in [7, 11) is 3.01. The second-order valence-electron chi connectivity index (χ2n) is 3.60. The van der Waals surface area contributed by atoms with E-state index in [1.807, 2.05) is 0 Å². The van der Waals surface area contributed by atoms with Gasteiger partial charge in [-0.25, -0.2) is 0 Å². The van der Waals surface area contributed by atoms with E-state index in [0.717, 1.165) is 0 Å². The quantitative estimate of drug-likeness (QED) is 0.865. The van der Waals surface area contributed by atoms with E-state index in [9.17, 15) is 4.79 Å². The lowest BCUT2D eigenvalue weighted by Gasteiger charge is -2.11. The van der Waals surface area contributed by atoms with Gasteiger partial charge in [-0.05, 0) is 18.2 Å². The van der Waals surface area contributed by atoms with Crippen molar-refractivity contribution in [2.75, 3.05) is 14.2 Å². The van der Waals surface area contributed by atoms with Gasteiger partial charge in [-0.1, -0.05) is 17.7 Å². The number of ketones is 1. The maximum atomic E-state index is 12.4. The summed E-state index contributed by atoms with van der Waals surface area (Å²) in [4.78, 5) is 15.2. The summed E-state index contributed by atoms with van der Waals surface area (Å²) in [5.74, 6) is 0.700. The first kappa shape index (κ1) is 12.5. The first-order valence-corrected chi connectivity index (χ1v) is 5.64. The van der Waals surface area contributed by atoms with E-state index in [0.29, 0.717) is 27.8 Å². The number of methoxy groups -OCH3 is 2. The van der Waals surface area contributed by atoms with Crippen LogP contribution in [0.3, 0.4) is 0 Å². The third-order valence-electron chi connectivity index (χ3n) is 2.55. The Morgan fingerprint density at radius 3 is 2.28 bits per heavy atom. The zero-order chi connectivity index (χ0) is 13.1. The van der Waals surface area contributed by atoms with Gasteiger partial charge >= 0.3 is 0 Å². The molecule has 18 heavy (non-hydrogen) atoms. The number of halogens is 1. The Balaban J connectivity index is 2.52.